The van der Waals surface area contributed by atoms with Gasteiger partial charge in [0.2, 0.25) is 0 Å². The van der Waals surface area contributed by atoms with Gasteiger partial charge in [-0.1, -0.05) is 0 Å². The third-order valence-corrected chi connectivity index (χ3v) is 5.03. The van der Waals surface area contributed by atoms with Gasteiger partial charge in [0, 0.05) is 23.5 Å². The Labute approximate surface area is 182 Å². The van der Waals surface area contributed by atoms with Crippen LogP contribution in [0, 0.1) is 24.1 Å². The lowest BCUT2D eigenvalue weighted by Gasteiger charge is -2.16. The van der Waals surface area contributed by atoms with Crippen LogP contribution in [0.5, 0.6) is 5.75 Å². The van der Waals surface area contributed by atoms with E-state index in [9.17, 15) is 14.8 Å². The monoisotopic (exact) mass is 436 g/mol. The molecule has 9 nitrogen and oxygen atoms in total. The molecule has 0 amide bonds. The molecule has 4 heterocycles. The summed E-state index contributed by atoms with van der Waals surface area (Å²) in [4.78, 5) is 4.07. The second kappa shape index (κ2) is 8.74. The van der Waals surface area contributed by atoms with Gasteiger partial charge in [0.05, 0.1) is 43.0 Å². The molecule has 4 rings (SSSR count). The van der Waals surface area contributed by atoms with Gasteiger partial charge in [-0.25, -0.2) is 8.91 Å². The minimum absolute atomic E-state index is 0.149. The molecule has 4 aromatic rings. The van der Waals surface area contributed by atoms with E-state index in [4.69, 9.17) is 9.84 Å². The maximum atomic E-state index is 13.2. The highest BCUT2D eigenvalue weighted by atomic mass is 19.1. The van der Waals surface area contributed by atoms with E-state index in [2.05, 4.69) is 21.3 Å². The molecule has 0 aromatic carbocycles. The van der Waals surface area contributed by atoms with Crippen molar-refractivity contribution < 1.29 is 19.3 Å². The van der Waals surface area contributed by atoms with Crippen molar-refractivity contribution in [3.8, 4) is 22.9 Å². The Morgan fingerprint density at radius 3 is 2.78 bits per heavy atom. The van der Waals surface area contributed by atoms with Crippen LogP contribution in [-0.2, 0) is 6.54 Å². The molecule has 0 saturated carbocycles. The van der Waals surface area contributed by atoms with Crippen molar-refractivity contribution in [1.82, 2.24) is 24.4 Å². The van der Waals surface area contributed by atoms with Crippen molar-refractivity contribution >= 4 is 5.52 Å². The van der Waals surface area contributed by atoms with Crippen LogP contribution in [-0.4, -0.2) is 47.3 Å². The number of halogens is 1. The number of rotatable bonds is 7. The number of aryl methyl sites for hydroxylation is 1. The summed E-state index contributed by atoms with van der Waals surface area (Å²) in [5, 5.41) is 37.0. The number of fused-ring (bicyclic) bond motifs is 1. The molecule has 0 spiro atoms. The second-order valence-corrected chi connectivity index (χ2v) is 7.40. The van der Waals surface area contributed by atoms with Crippen molar-refractivity contribution in [3.05, 3.63) is 65.8 Å². The molecule has 4 aromatic heterocycles. The standard InChI is InChI=1S/C22H21FN6O3/c1-13-19(11-28(27-13)10-18(31)12-30)15-5-21(22-16(6-24)7-26-29(22)9-15)32-14(2)20-4-3-17(23)8-25-20/h3-5,7-9,11,14,18,30-31H,10,12H2,1-2H3/t14-,18+/m1/s1. The highest BCUT2D eigenvalue weighted by Crippen LogP contribution is 2.33. The number of hydrogen-bond acceptors (Lipinski definition) is 7. The lowest BCUT2D eigenvalue weighted by Crippen LogP contribution is -2.20. The molecule has 0 aliphatic rings. The molecule has 0 saturated heterocycles. The van der Waals surface area contributed by atoms with Crippen molar-refractivity contribution in [1.29, 1.82) is 5.26 Å². The molecule has 2 atom stereocenters. The predicted octanol–water partition coefficient (Wildman–Crippen LogP) is 2.41. The molecule has 0 radical (unpaired) electrons. The average molecular weight is 436 g/mol. The Hall–Kier alpha value is -3.81. The van der Waals surface area contributed by atoms with Gasteiger partial charge in [-0.2, -0.15) is 15.5 Å². The topological polar surface area (TPSA) is 121 Å². The molecule has 0 aliphatic carbocycles. The van der Waals surface area contributed by atoms with Gasteiger partial charge in [0.15, 0.2) is 0 Å². The minimum Gasteiger partial charge on any atom is -0.482 e. The molecule has 0 unspecified atom stereocenters. The first-order chi connectivity index (χ1) is 15.4. The fourth-order valence-corrected chi connectivity index (χ4v) is 3.45. The zero-order valence-electron chi connectivity index (χ0n) is 17.5. The van der Waals surface area contributed by atoms with Crippen LogP contribution in [0.25, 0.3) is 16.6 Å². The van der Waals surface area contributed by atoms with E-state index in [1.807, 2.05) is 6.92 Å². The van der Waals surface area contributed by atoms with Crippen molar-refractivity contribution in [2.75, 3.05) is 6.61 Å². The Balaban J connectivity index is 1.76. The van der Waals surface area contributed by atoms with Crippen LogP contribution in [0.3, 0.4) is 0 Å². The Morgan fingerprint density at radius 2 is 2.09 bits per heavy atom. The number of nitrogens with zero attached hydrogens (tertiary/aromatic N) is 6. The summed E-state index contributed by atoms with van der Waals surface area (Å²) in [5.74, 6) is -0.0237. The molecule has 0 aliphatic heterocycles. The third kappa shape index (κ3) is 4.16. The van der Waals surface area contributed by atoms with Crippen LogP contribution >= 0.6 is 0 Å². The van der Waals surface area contributed by atoms with Crippen molar-refractivity contribution in [3.63, 3.8) is 0 Å². The maximum Gasteiger partial charge on any atom is 0.148 e. The lowest BCUT2D eigenvalue weighted by molar-refractivity contribution is 0.0782. The van der Waals surface area contributed by atoms with Gasteiger partial charge in [0.25, 0.3) is 0 Å². The van der Waals surface area contributed by atoms with E-state index in [1.165, 1.54) is 12.3 Å². The largest absolute Gasteiger partial charge is 0.482 e. The first-order valence-electron chi connectivity index (χ1n) is 9.92. The number of nitriles is 1. The molecule has 10 heteroatoms. The molecule has 164 valence electrons. The molecule has 0 bridgehead atoms. The number of aliphatic hydroxyl groups excluding tert-OH is 2. The Kier molecular flexibility index (Phi) is 5.85. The smallest absolute Gasteiger partial charge is 0.148 e. The predicted molar refractivity (Wildman–Crippen MR) is 112 cm³/mol. The summed E-state index contributed by atoms with van der Waals surface area (Å²) >= 11 is 0. The summed E-state index contributed by atoms with van der Waals surface area (Å²) in [5.41, 5.74) is 3.62. The van der Waals surface area contributed by atoms with Gasteiger partial charge in [0.1, 0.15) is 34.8 Å². The maximum absolute atomic E-state index is 13.2. The minimum atomic E-state index is -0.920. The quantitative estimate of drug-likeness (QED) is 0.456. The van der Waals surface area contributed by atoms with Gasteiger partial charge < -0.3 is 14.9 Å². The van der Waals surface area contributed by atoms with Crippen LogP contribution in [0.2, 0.25) is 0 Å². The van der Waals surface area contributed by atoms with Gasteiger partial charge >= 0.3 is 0 Å². The van der Waals surface area contributed by atoms with E-state index < -0.39 is 18.0 Å². The highest BCUT2D eigenvalue weighted by molar-refractivity contribution is 5.76. The molecule has 0 fully saturated rings. The van der Waals surface area contributed by atoms with Crippen molar-refractivity contribution in [2.24, 2.45) is 0 Å². The molecule has 32 heavy (non-hydrogen) atoms. The fourth-order valence-electron chi connectivity index (χ4n) is 3.45. The number of aromatic nitrogens is 5. The van der Waals surface area contributed by atoms with E-state index >= 15 is 0 Å². The van der Waals surface area contributed by atoms with Gasteiger partial charge in [-0.15, -0.1) is 0 Å². The van der Waals surface area contributed by atoms with Gasteiger partial charge in [-0.3, -0.25) is 9.67 Å². The molecular formula is C22H21FN6O3. The van der Waals surface area contributed by atoms with Crippen LogP contribution in [0.15, 0.2) is 43.0 Å². The van der Waals surface area contributed by atoms with E-state index in [0.29, 0.717) is 28.2 Å². The van der Waals surface area contributed by atoms with E-state index in [0.717, 1.165) is 17.3 Å². The number of hydrogen-bond donors (Lipinski definition) is 2. The summed E-state index contributed by atoms with van der Waals surface area (Å²) in [6.07, 6.45) is 4.68. The molecular weight excluding hydrogens is 415 g/mol. The Morgan fingerprint density at radius 1 is 1.28 bits per heavy atom. The van der Waals surface area contributed by atoms with Gasteiger partial charge in [-0.05, 0) is 32.0 Å². The average Bonchev–Trinajstić information content (AvgIpc) is 3.36. The summed E-state index contributed by atoms with van der Waals surface area (Å²) in [6.45, 7) is 3.40. The van der Waals surface area contributed by atoms with E-state index in [-0.39, 0.29) is 13.2 Å². The fraction of sp³-hybridized carbons (Fsp3) is 0.273. The number of pyridine rings is 2. The second-order valence-electron chi connectivity index (χ2n) is 7.40. The summed E-state index contributed by atoms with van der Waals surface area (Å²) < 4.78 is 22.5. The lowest BCUT2D eigenvalue weighted by atomic mass is 10.1. The summed E-state index contributed by atoms with van der Waals surface area (Å²) in [6, 6.07) is 6.76. The molecule has 2 N–H and O–H groups in total. The van der Waals surface area contributed by atoms with Crippen molar-refractivity contribution in [2.45, 2.75) is 32.6 Å². The van der Waals surface area contributed by atoms with Crippen LogP contribution < -0.4 is 4.74 Å². The zero-order valence-corrected chi connectivity index (χ0v) is 17.5. The normalized spacial score (nSPS) is 13.1. The number of aliphatic hydroxyl groups is 2. The Bertz CT molecular complexity index is 1290. The third-order valence-electron chi connectivity index (χ3n) is 5.03. The van der Waals surface area contributed by atoms with E-state index in [1.54, 1.807) is 40.6 Å². The summed E-state index contributed by atoms with van der Waals surface area (Å²) in [7, 11) is 0. The zero-order chi connectivity index (χ0) is 22.8. The number of ether oxygens (including phenoxy) is 1. The first kappa shape index (κ1) is 21.4. The van der Waals surface area contributed by atoms with Crippen LogP contribution in [0.4, 0.5) is 4.39 Å². The highest BCUT2D eigenvalue weighted by Gasteiger charge is 2.19. The first-order valence-corrected chi connectivity index (χ1v) is 9.92. The van der Waals surface area contributed by atoms with Crippen LogP contribution in [0.1, 0.15) is 30.0 Å². The SMILES string of the molecule is Cc1nn(C[C@H](O)CO)cc1-c1cc(O[C@H](C)c2ccc(F)cn2)c2c(C#N)cnn2c1.